The summed E-state index contributed by atoms with van der Waals surface area (Å²) in [6.07, 6.45) is 0. The van der Waals surface area contributed by atoms with Crippen molar-refractivity contribution in [3.8, 4) is 10.4 Å². The van der Waals surface area contributed by atoms with Crippen LogP contribution in [0.4, 0.5) is 5.82 Å². The van der Waals surface area contributed by atoms with Crippen molar-refractivity contribution < 1.29 is 0 Å². The SMILES string of the molecule is CN(C)c1cc(-c2ccc(Br)s2)cc(Cl)n1. The van der Waals surface area contributed by atoms with Gasteiger partial charge in [-0.15, -0.1) is 11.3 Å². The lowest BCUT2D eigenvalue weighted by Crippen LogP contribution is -2.10. The standard InChI is InChI=1S/C11H10BrClN2S/c1-15(2)11-6-7(5-10(13)14-11)8-3-4-9(12)16-8/h3-6H,1-2H3. The molecule has 2 aromatic rings. The van der Waals surface area contributed by atoms with E-state index >= 15 is 0 Å². The molecule has 0 aliphatic carbocycles. The van der Waals surface area contributed by atoms with Crippen LogP contribution in [-0.2, 0) is 0 Å². The van der Waals surface area contributed by atoms with Crippen LogP contribution in [0.1, 0.15) is 0 Å². The van der Waals surface area contributed by atoms with Gasteiger partial charge in [-0.2, -0.15) is 0 Å². The molecule has 2 aromatic heterocycles. The summed E-state index contributed by atoms with van der Waals surface area (Å²) in [4.78, 5) is 7.37. The summed E-state index contributed by atoms with van der Waals surface area (Å²) in [6, 6.07) is 8.01. The van der Waals surface area contributed by atoms with Gasteiger partial charge in [0.25, 0.3) is 0 Å². The molecule has 0 N–H and O–H groups in total. The molecule has 0 atom stereocenters. The van der Waals surface area contributed by atoms with E-state index in [0.29, 0.717) is 5.15 Å². The van der Waals surface area contributed by atoms with E-state index in [1.807, 2.05) is 37.2 Å². The number of halogens is 2. The van der Waals surface area contributed by atoms with Crippen LogP contribution >= 0.6 is 38.9 Å². The van der Waals surface area contributed by atoms with Gasteiger partial charge in [0.05, 0.1) is 3.79 Å². The van der Waals surface area contributed by atoms with E-state index in [-0.39, 0.29) is 0 Å². The molecule has 16 heavy (non-hydrogen) atoms. The first-order valence-corrected chi connectivity index (χ1v) is 6.65. The smallest absolute Gasteiger partial charge is 0.132 e. The number of thiophene rings is 1. The molecule has 84 valence electrons. The molecule has 0 aliphatic heterocycles. The van der Waals surface area contributed by atoms with Gasteiger partial charge in [0, 0.05) is 19.0 Å². The van der Waals surface area contributed by atoms with Crippen LogP contribution in [0, 0.1) is 0 Å². The topological polar surface area (TPSA) is 16.1 Å². The fourth-order valence-corrected chi connectivity index (χ4v) is 2.90. The zero-order valence-corrected chi connectivity index (χ0v) is 12.0. The first-order valence-electron chi connectivity index (χ1n) is 4.67. The highest BCUT2D eigenvalue weighted by Crippen LogP contribution is 2.33. The second-order valence-electron chi connectivity index (χ2n) is 3.53. The number of hydrogen-bond donors (Lipinski definition) is 0. The van der Waals surface area contributed by atoms with Crippen molar-refractivity contribution in [3.63, 3.8) is 0 Å². The number of anilines is 1. The van der Waals surface area contributed by atoms with Gasteiger partial charge in [0.15, 0.2) is 0 Å². The second kappa shape index (κ2) is 4.73. The zero-order chi connectivity index (χ0) is 11.7. The summed E-state index contributed by atoms with van der Waals surface area (Å²) in [5, 5.41) is 0.519. The van der Waals surface area contributed by atoms with E-state index in [0.717, 1.165) is 15.2 Å². The van der Waals surface area contributed by atoms with E-state index in [1.165, 1.54) is 4.88 Å². The van der Waals surface area contributed by atoms with E-state index < -0.39 is 0 Å². The third-order valence-corrected chi connectivity index (χ3v) is 3.96. The third kappa shape index (κ3) is 2.56. The normalized spacial score (nSPS) is 10.5. The number of nitrogens with zero attached hydrogens (tertiary/aromatic N) is 2. The Bertz CT molecular complexity index is 510. The summed E-state index contributed by atoms with van der Waals surface area (Å²) >= 11 is 11.1. The minimum atomic E-state index is 0.519. The summed E-state index contributed by atoms with van der Waals surface area (Å²) in [7, 11) is 3.90. The number of hydrogen-bond acceptors (Lipinski definition) is 3. The summed E-state index contributed by atoms with van der Waals surface area (Å²) in [5.74, 6) is 0.868. The zero-order valence-electron chi connectivity index (χ0n) is 8.87. The summed E-state index contributed by atoms with van der Waals surface area (Å²) in [5.41, 5.74) is 1.10. The fraction of sp³-hybridized carbons (Fsp3) is 0.182. The van der Waals surface area contributed by atoms with Crippen molar-refractivity contribution >= 4 is 44.7 Å². The van der Waals surface area contributed by atoms with Crippen molar-refractivity contribution in [2.45, 2.75) is 0 Å². The molecule has 0 saturated heterocycles. The van der Waals surface area contributed by atoms with Crippen molar-refractivity contribution in [2.24, 2.45) is 0 Å². The van der Waals surface area contributed by atoms with E-state index in [9.17, 15) is 0 Å². The number of rotatable bonds is 2. The maximum atomic E-state index is 6.01. The molecule has 0 fully saturated rings. The molecule has 0 aromatic carbocycles. The van der Waals surface area contributed by atoms with Crippen LogP contribution in [-0.4, -0.2) is 19.1 Å². The molecule has 5 heteroatoms. The van der Waals surface area contributed by atoms with E-state index in [4.69, 9.17) is 11.6 Å². The average Bonchev–Trinajstić information content (AvgIpc) is 2.64. The highest BCUT2D eigenvalue weighted by Gasteiger charge is 2.07. The second-order valence-corrected chi connectivity index (χ2v) is 6.39. The number of aromatic nitrogens is 1. The largest absolute Gasteiger partial charge is 0.363 e. The Balaban J connectivity index is 2.49. The molecule has 2 rings (SSSR count). The molecule has 2 heterocycles. The minimum Gasteiger partial charge on any atom is -0.363 e. The molecule has 0 aliphatic rings. The van der Waals surface area contributed by atoms with Gasteiger partial charge in [0.1, 0.15) is 11.0 Å². The third-order valence-electron chi connectivity index (χ3n) is 2.10. The van der Waals surface area contributed by atoms with Crippen LogP contribution in [0.5, 0.6) is 0 Å². The van der Waals surface area contributed by atoms with E-state index in [2.05, 4.69) is 27.0 Å². The van der Waals surface area contributed by atoms with Crippen molar-refractivity contribution in [3.05, 3.63) is 33.2 Å². The molecule has 0 saturated carbocycles. The Hall–Kier alpha value is -0.580. The Kier molecular flexibility index (Phi) is 3.52. The molecule has 0 amide bonds. The predicted octanol–water partition coefficient (Wildman–Crippen LogP) is 4.29. The monoisotopic (exact) mass is 316 g/mol. The molecule has 2 nitrogen and oxygen atoms in total. The van der Waals surface area contributed by atoms with Crippen LogP contribution in [0.2, 0.25) is 5.15 Å². The van der Waals surface area contributed by atoms with Gasteiger partial charge in [-0.1, -0.05) is 11.6 Å². The van der Waals surface area contributed by atoms with Gasteiger partial charge in [-0.05, 0) is 45.8 Å². The average molecular weight is 318 g/mol. The molecular weight excluding hydrogens is 308 g/mol. The molecule has 0 radical (unpaired) electrons. The van der Waals surface area contributed by atoms with Gasteiger partial charge in [-0.3, -0.25) is 0 Å². The minimum absolute atomic E-state index is 0.519. The predicted molar refractivity (Wildman–Crippen MR) is 74.6 cm³/mol. The first kappa shape index (κ1) is 11.9. The van der Waals surface area contributed by atoms with Gasteiger partial charge < -0.3 is 4.90 Å². The Morgan fingerprint density at radius 3 is 2.62 bits per heavy atom. The highest BCUT2D eigenvalue weighted by molar-refractivity contribution is 9.11. The van der Waals surface area contributed by atoms with Crippen molar-refractivity contribution in [2.75, 3.05) is 19.0 Å². The lowest BCUT2D eigenvalue weighted by molar-refractivity contribution is 1.07. The first-order chi connectivity index (χ1) is 7.56. The van der Waals surface area contributed by atoms with Crippen LogP contribution in [0.3, 0.4) is 0 Å². The van der Waals surface area contributed by atoms with Crippen LogP contribution < -0.4 is 4.90 Å². The molecule has 0 spiro atoms. The van der Waals surface area contributed by atoms with Crippen LogP contribution in [0.25, 0.3) is 10.4 Å². The number of pyridine rings is 1. The fourth-order valence-electron chi connectivity index (χ4n) is 1.32. The van der Waals surface area contributed by atoms with E-state index in [1.54, 1.807) is 11.3 Å². The quantitative estimate of drug-likeness (QED) is 0.768. The Morgan fingerprint density at radius 2 is 2.06 bits per heavy atom. The summed E-state index contributed by atoms with van der Waals surface area (Å²) in [6.45, 7) is 0. The van der Waals surface area contributed by atoms with Gasteiger partial charge in [-0.25, -0.2) is 4.98 Å². The Labute approximate surface area is 112 Å². The highest BCUT2D eigenvalue weighted by atomic mass is 79.9. The molecule has 0 unspecified atom stereocenters. The Morgan fingerprint density at radius 1 is 1.31 bits per heavy atom. The van der Waals surface area contributed by atoms with Crippen molar-refractivity contribution in [1.82, 2.24) is 4.98 Å². The van der Waals surface area contributed by atoms with Crippen LogP contribution in [0.15, 0.2) is 28.1 Å². The lowest BCUT2D eigenvalue weighted by atomic mass is 10.2. The lowest BCUT2D eigenvalue weighted by Gasteiger charge is -2.12. The maximum Gasteiger partial charge on any atom is 0.132 e. The summed E-state index contributed by atoms with van der Waals surface area (Å²) < 4.78 is 1.11. The maximum absolute atomic E-state index is 6.01. The van der Waals surface area contributed by atoms with Gasteiger partial charge >= 0.3 is 0 Å². The molecule has 0 bridgehead atoms. The van der Waals surface area contributed by atoms with Crippen molar-refractivity contribution in [1.29, 1.82) is 0 Å². The molecular formula is C11H10BrClN2S. The van der Waals surface area contributed by atoms with Gasteiger partial charge in [0.2, 0.25) is 0 Å².